The normalized spacial score (nSPS) is 11.1. The monoisotopic (exact) mass is 695 g/mol. The lowest BCUT2D eigenvalue weighted by molar-refractivity contribution is 0.0956. The fraction of sp³-hybridized carbons (Fsp3) is 0.0333. The van der Waals surface area contributed by atoms with Crippen LogP contribution in [0.3, 0.4) is 0 Å². The molecule has 0 aliphatic carbocycles. The van der Waals surface area contributed by atoms with Gasteiger partial charge in [-0.1, -0.05) is 72.3 Å². The molecule has 0 spiro atoms. The van der Waals surface area contributed by atoms with Crippen LogP contribution in [0.2, 0.25) is 5.02 Å². The smallest absolute Gasteiger partial charge is 0.272 e. The van der Waals surface area contributed by atoms with Gasteiger partial charge in [0.15, 0.2) is 5.75 Å². The second-order valence-corrected chi connectivity index (χ2v) is 10.9. The van der Waals surface area contributed by atoms with E-state index in [0.717, 1.165) is 31.3 Å². The third-order valence-electron chi connectivity index (χ3n) is 5.73. The van der Waals surface area contributed by atoms with E-state index in [1.807, 2.05) is 84.9 Å². The van der Waals surface area contributed by atoms with E-state index >= 15 is 0 Å². The van der Waals surface area contributed by atoms with E-state index in [0.29, 0.717) is 33.0 Å². The number of halogens is 3. The zero-order valence-electron chi connectivity index (χ0n) is 19.9. The standard InChI is InChI=1S/C30H20BrClIN3O2/c31-25-14-20(15-26(32)29(25)38-18-19-10-12-22(33)13-11-19)17-34-36-30(37)24-16-28(21-6-2-1-3-7-21)35-27-9-5-4-8-23(24)27/h1-17H,18H2,(H,36,37)/b34-17+. The van der Waals surface area contributed by atoms with Crippen molar-refractivity contribution in [3.05, 3.63) is 127 Å². The van der Waals surface area contributed by atoms with Crippen molar-refractivity contribution in [1.82, 2.24) is 10.4 Å². The number of para-hydroxylation sites is 1. The Morgan fingerprint density at radius 2 is 1.74 bits per heavy atom. The number of carbonyl (C=O) groups excluding carboxylic acids is 1. The van der Waals surface area contributed by atoms with Gasteiger partial charge in [-0.25, -0.2) is 10.4 Å². The van der Waals surface area contributed by atoms with Gasteiger partial charge in [-0.05, 0) is 86.0 Å². The molecule has 0 radical (unpaired) electrons. The molecule has 0 saturated heterocycles. The summed E-state index contributed by atoms with van der Waals surface area (Å²) in [6.45, 7) is 0.392. The first-order chi connectivity index (χ1) is 18.5. The van der Waals surface area contributed by atoms with Crippen LogP contribution in [-0.4, -0.2) is 17.1 Å². The summed E-state index contributed by atoms with van der Waals surface area (Å²) in [5, 5.41) is 5.36. The van der Waals surface area contributed by atoms with Crippen LogP contribution in [0.25, 0.3) is 22.2 Å². The van der Waals surface area contributed by atoms with Crippen molar-refractivity contribution in [2.24, 2.45) is 5.10 Å². The van der Waals surface area contributed by atoms with Gasteiger partial charge in [0.1, 0.15) is 6.61 Å². The first kappa shape index (κ1) is 26.3. The van der Waals surface area contributed by atoms with E-state index < -0.39 is 0 Å². The number of carbonyl (C=O) groups is 1. The molecular formula is C30H20BrClIN3O2. The third-order valence-corrected chi connectivity index (χ3v) is 7.32. The van der Waals surface area contributed by atoms with Crippen LogP contribution >= 0.6 is 50.1 Å². The molecule has 5 rings (SSSR count). The van der Waals surface area contributed by atoms with E-state index in [1.54, 1.807) is 18.3 Å². The van der Waals surface area contributed by atoms with Crippen molar-refractivity contribution >= 4 is 73.1 Å². The Bertz CT molecular complexity index is 1620. The van der Waals surface area contributed by atoms with Crippen molar-refractivity contribution in [2.75, 3.05) is 0 Å². The fourth-order valence-corrected chi connectivity index (χ4v) is 5.22. The van der Waals surface area contributed by atoms with Crippen LogP contribution in [0.1, 0.15) is 21.5 Å². The van der Waals surface area contributed by atoms with Crippen LogP contribution in [0.4, 0.5) is 0 Å². The lowest BCUT2D eigenvalue weighted by Crippen LogP contribution is -2.18. The van der Waals surface area contributed by atoms with Crippen LogP contribution in [0.15, 0.2) is 107 Å². The van der Waals surface area contributed by atoms with Crippen molar-refractivity contribution in [2.45, 2.75) is 6.61 Å². The minimum Gasteiger partial charge on any atom is -0.486 e. The molecular weight excluding hydrogens is 677 g/mol. The number of fused-ring (bicyclic) bond motifs is 1. The van der Waals surface area contributed by atoms with E-state index in [4.69, 9.17) is 21.3 Å². The molecule has 0 bridgehead atoms. The summed E-state index contributed by atoms with van der Waals surface area (Å²) in [5.41, 5.74) is 7.25. The van der Waals surface area contributed by atoms with Crippen molar-refractivity contribution < 1.29 is 9.53 Å². The minimum atomic E-state index is -0.334. The topological polar surface area (TPSA) is 63.6 Å². The molecule has 0 aliphatic rings. The Labute approximate surface area is 247 Å². The van der Waals surface area contributed by atoms with Gasteiger partial charge in [0.25, 0.3) is 5.91 Å². The first-order valence-corrected chi connectivity index (χ1v) is 13.9. The highest BCUT2D eigenvalue weighted by atomic mass is 127. The summed E-state index contributed by atoms with van der Waals surface area (Å²) in [6, 6.07) is 30.8. The number of nitrogens with one attached hydrogen (secondary N) is 1. The maximum Gasteiger partial charge on any atom is 0.272 e. The summed E-state index contributed by atoms with van der Waals surface area (Å²) in [4.78, 5) is 17.9. The second kappa shape index (κ2) is 12.1. The first-order valence-electron chi connectivity index (χ1n) is 11.6. The van der Waals surface area contributed by atoms with Gasteiger partial charge in [-0.15, -0.1) is 0 Å². The molecule has 188 valence electrons. The minimum absolute atomic E-state index is 0.334. The van der Waals surface area contributed by atoms with Crippen molar-refractivity contribution in [3.8, 4) is 17.0 Å². The Morgan fingerprint density at radius 1 is 1.00 bits per heavy atom. The lowest BCUT2D eigenvalue weighted by Gasteiger charge is -2.11. The molecule has 38 heavy (non-hydrogen) atoms. The summed E-state index contributed by atoms with van der Waals surface area (Å²) in [5.74, 6) is 0.211. The average molecular weight is 697 g/mol. The van der Waals surface area contributed by atoms with Gasteiger partial charge >= 0.3 is 0 Å². The lowest BCUT2D eigenvalue weighted by atomic mass is 10.0. The van der Waals surface area contributed by atoms with Gasteiger partial charge in [0, 0.05) is 14.5 Å². The highest BCUT2D eigenvalue weighted by molar-refractivity contribution is 14.1. The Hall–Kier alpha value is -3.27. The average Bonchev–Trinajstić information content (AvgIpc) is 2.93. The number of hydrazone groups is 1. The molecule has 8 heteroatoms. The van der Waals surface area contributed by atoms with Gasteiger partial charge in [-0.2, -0.15) is 5.10 Å². The number of rotatable bonds is 7. The van der Waals surface area contributed by atoms with E-state index in [2.05, 4.69) is 49.0 Å². The van der Waals surface area contributed by atoms with Crippen LogP contribution in [-0.2, 0) is 6.61 Å². The van der Waals surface area contributed by atoms with E-state index in [-0.39, 0.29) is 5.91 Å². The molecule has 5 nitrogen and oxygen atoms in total. The number of aromatic nitrogens is 1. The van der Waals surface area contributed by atoms with Crippen LogP contribution in [0, 0.1) is 3.57 Å². The zero-order valence-corrected chi connectivity index (χ0v) is 24.4. The van der Waals surface area contributed by atoms with Crippen LogP contribution < -0.4 is 10.2 Å². The summed E-state index contributed by atoms with van der Waals surface area (Å²) in [6.07, 6.45) is 1.54. The summed E-state index contributed by atoms with van der Waals surface area (Å²) in [7, 11) is 0. The highest BCUT2D eigenvalue weighted by Gasteiger charge is 2.14. The van der Waals surface area contributed by atoms with Gasteiger partial charge in [0.2, 0.25) is 0 Å². The fourth-order valence-electron chi connectivity index (χ4n) is 3.87. The molecule has 0 saturated carbocycles. The van der Waals surface area contributed by atoms with E-state index in [1.165, 1.54) is 0 Å². The van der Waals surface area contributed by atoms with Gasteiger partial charge in [0.05, 0.1) is 32.5 Å². The molecule has 0 unspecified atom stereocenters. The largest absolute Gasteiger partial charge is 0.486 e. The number of benzene rings is 4. The maximum atomic E-state index is 13.2. The summed E-state index contributed by atoms with van der Waals surface area (Å²) >= 11 is 12.3. The maximum absolute atomic E-state index is 13.2. The quantitative estimate of drug-likeness (QED) is 0.106. The highest BCUT2D eigenvalue weighted by Crippen LogP contribution is 2.35. The number of nitrogens with zero attached hydrogens (tertiary/aromatic N) is 2. The van der Waals surface area contributed by atoms with Crippen molar-refractivity contribution in [1.29, 1.82) is 0 Å². The SMILES string of the molecule is O=C(N/N=C/c1cc(Cl)c(OCc2ccc(I)cc2)c(Br)c1)c1cc(-c2ccccc2)nc2ccccc12. The second-order valence-electron chi connectivity index (χ2n) is 8.37. The number of amides is 1. The third kappa shape index (κ3) is 6.23. The molecule has 0 atom stereocenters. The zero-order chi connectivity index (χ0) is 26.5. The predicted octanol–water partition coefficient (Wildman–Crippen LogP) is 8.27. The number of hydrogen-bond donors (Lipinski definition) is 1. The molecule has 4 aromatic carbocycles. The molecule has 1 aromatic heterocycles. The van der Waals surface area contributed by atoms with Gasteiger partial charge in [-0.3, -0.25) is 4.79 Å². The Morgan fingerprint density at radius 3 is 2.50 bits per heavy atom. The molecule has 0 fully saturated rings. The van der Waals surface area contributed by atoms with Crippen LogP contribution in [0.5, 0.6) is 5.75 Å². The molecule has 5 aromatic rings. The molecule has 1 N–H and O–H groups in total. The Kier molecular flexibility index (Phi) is 8.36. The van der Waals surface area contributed by atoms with Gasteiger partial charge < -0.3 is 4.74 Å². The number of hydrogen-bond acceptors (Lipinski definition) is 4. The summed E-state index contributed by atoms with van der Waals surface area (Å²) < 4.78 is 7.79. The van der Waals surface area contributed by atoms with E-state index in [9.17, 15) is 4.79 Å². The van der Waals surface area contributed by atoms with Crippen molar-refractivity contribution in [3.63, 3.8) is 0 Å². The molecule has 1 amide bonds. The number of ether oxygens (including phenoxy) is 1. The predicted molar refractivity (Wildman–Crippen MR) is 165 cm³/mol. The Balaban J connectivity index is 1.32. The number of pyridine rings is 1. The molecule has 1 heterocycles. The molecule has 0 aliphatic heterocycles.